The van der Waals surface area contributed by atoms with Crippen LogP contribution < -0.4 is 4.72 Å². The second-order valence-electron chi connectivity index (χ2n) is 6.82. The number of nitrogens with one attached hydrogen (secondary N) is 1. The Balaban J connectivity index is 2.03. The van der Waals surface area contributed by atoms with Gasteiger partial charge >= 0.3 is 0 Å². The average Bonchev–Trinajstić information content (AvgIpc) is 2.49. The molecule has 1 aromatic carbocycles. The predicted octanol–water partition coefficient (Wildman–Crippen LogP) is 1.55. The van der Waals surface area contributed by atoms with E-state index >= 15 is 0 Å². The van der Waals surface area contributed by atoms with Gasteiger partial charge in [-0.15, -0.1) is 0 Å². The number of piperazine rings is 1. The first-order valence-electron chi connectivity index (χ1n) is 8.28. The SMILES string of the molecule is Cc1cccc(S(=O)(=O)NC[C@@H](C(C)C)N2CCN(C)CC2)c1. The van der Waals surface area contributed by atoms with Crippen molar-refractivity contribution >= 4 is 10.0 Å². The monoisotopic (exact) mass is 339 g/mol. The molecular weight excluding hydrogens is 310 g/mol. The van der Waals surface area contributed by atoms with Gasteiger partial charge in [0.1, 0.15) is 0 Å². The molecule has 6 heteroatoms. The number of nitrogens with zero attached hydrogens (tertiary/aromatic N) is 2. The van der Waals surface area contributed by atoms with Crippen LogP contribution in [0, 0.1) is 12.8 Å². The first kappa shape index (κ1) is 18.4. The van der Waals surface area contributed by atoms with Gasteiger partial charge in [-0.25, -0.2) is 13.1 Å². The Labute approximate surface area is 140 Å². The molecule has 5 nitrogen and oxygen atoms in total. The van der Waals surface area contributed by atoms with Gasteiger partial charge in [0, 0.05) is 38.8 Å². The first-order chi connectivity index (χ1) is 10.8. The Morgan fingerprint density at radius 3 is 2.39 bits per heavy atom. The highest BCUT2D eigenvalue weighted by atomic mass is 32.2. The second kappa shape index (κ2) is 7.75. The zero-order chi connectivity index (χ0) is 17.0. The van der Waals surface area contributed by atoms with E-state index in [4.69, 9.17) is 0 Å². The van der Waals surface area contributed by atoms with E-state index in [0.717, 1.165) is 31.7 Å². The van der Waals surface area contributed by atoms with Crippen molar-refractivity contribution in [1.29, 1.82) is 0 Å². The fourth-order valence-corrected chi connectivity index (χ4v) is 4.16. The van der Waals surface area contributed by atoms with Gasteiger partial charge in [0.25, 0.3) is 0 Å². The molecule has 1 aliphatic rings. The Morgan fingerprint density at radius 2 is 1.83 bits per heavy atom. The Hall–Kier alpha value is -0.950. The van der Waals surface area contributed by atoms with Gasteiger partial charge in [-0.05, 0) is 37.6 Å². The lowest BCUT2D eigenvalue weighted by Crippen LogP contribution is -2.54. The lowest BCUT2D eigenvalue weighted by molar-refractivity contribution is 0.0905. The minimum Gasteiger partial charge on any atom is -0.304 e. The van der Waals surface area contributed by atoms with E-state index in [1.165, 1.54) is 0 Å². The normalized spacial score (nSPS) is 19.2. The summed E-state index contributed by atoms with van der Waals surface area (Å²) in [5.41, 5.74) is 0.951. The molecule has 130 valence electrons. The quantitative estimate of drug-likeness (QED) is 0.854. The standard InChI is InChI=1S/C17H29N3O2S/c1-14(2)17(20-10-8-19(4)9-11-20)13-18-23(21,22)16-7-5-6-15(3)12-16/h5-7,12,14,17-18H,8-11,13H2,1-4H3/t17-/m0/s1. The molecule has 1 fully saturated rings. The summed E-state index contributed by atoms with van der Waals surface area (Å²) in [7, 11) is -1.32. The molecule has 0 unspecified atom stereocenters. The van der Waals surface area contributed by atoms with Crippen molar-refractivity contribution in [2.45, 2.75) is 31.7 Å². The average molecular weight is 340 g/mol. The molecule has 2 rings (SSSR count). The van der Waals surface area contributed by atoms with Crippen molar-refractivity contribution in [3.05, 3.63) is 29.8 Å². The molecule has 1 saturated heterocycles. The summed E-state index contributed by atoms with van der Waals surface area (Å²) in [6, 6.07) is 7.27. The van der Waals surface area contributed by atoms with Gasteiger partial charge in [0.05, 0.1) is 4.90 Å². The van der Waals surface area contributed by atoms with Gasteiger partial charge in [0.15, 0.2) is 0 Å². The lowest BCUT2D eigenvalue weighted by Gasteiger charge is -2.39. The van der Waals surface area contributed by atoms with Crippen molar-refractivity contribution in [3.63, 3.8) is 0 Å². The third-order valence-electron chi connectivity index (χ3n) is 4.56. The van der Waals surface area contributed by atoms with E-state index in [1.54, 1.807) is 18.2 Å². The van der Waals surface area contributed by atoms with Gasteiger partial charge < -0.3 is 4.90 Å². The van der Waals surface area contributed by atoms with Crippen LogP contribution in [-0.2, 0) is 10.0 Å². The molecule has 1 atom stereocenters. The van der Waals surface area contributed by atoms with E-state index in [0.29, 0.717) is 17.4 Å². The predicted molar refractivity (Wildman–Crippen MR) is 94.1 cm³/mol. The summed E-state index contributed by atoms with van der Waals surface area (Å²) in [6.45, 7) is 10.7. The molecule has 1 N–H and O–H groups in total. The molecule has 0 radical (unpaired) electrons. The Bertz CT molecular complexity index is 608. The van der Waals surface area contributed by atoms with E-state index in [2.05, 4.69) is 35.4 Å². The van der Waals surface area contributed by atoms with Crippen molar-refractivity contribution in [1.82, 2.24) is 14.5 Å². The van der Waals surface area contributed by atoms with Crippen molar-refractivity contribution in [2.75, 3.05) is 39.8 Å². The highest BCUT2D eigenvalue weighted by Gasteiger charge is 2.26. The fourth-order valence-electron chi connectivity index (χ4n) is 3.00. The number of rotatable bonds is 6. The summed E-state index contributed by atoms with van der Waals surface area (Å²) in [4.78, 5) is 5.06. The second-order valence-corrected chi connectivity index (χ2v) is 8.59. The van der Waals surface area contributed by atoms with E-state index in [9.17, 15) is 8.42 Å². The molecule has 1 aliphatic heterocycles. The number of hydrogen-bond acceptors (Lipinski definition) is 4. The van der Waals surface area contributed by atoms with Crippen molar-refractivity contribution < 1.29 is 8.42 Å². The minimum absolute atomic E-state index is 0.225. The summed E-state index contributed by atoms with van der Waals surface area (Å²) in [6.07, 6.45) is 0. The summed E-state index contributed by atoms with van der Waals surface area (Å²) >= 11 is 0. The van der Waals surface area contributed by atoms with Crippen LogP contribution >= 0.6 is 0 Å². The van der Waals surface area contributed by atoms with Gasteiger partial charge in [-0.2, -0.15) is 0 Å². The minimum atomic E-state index is -3.45. The molecule has 0 bridgehead atoms. The van der Waals surface area contributed by atoms with Gasteiger partial charge in [-0.1, -0.05) is 26.0 Å². The van der Waals surface area contributed by atoms with Crippen LogP contribution in [0.3, 0.4) is 0 Å². The third kappa shape index (κ3) is 5.01. The van der Waals surface area contributed by atoms with E-state index in [1.807, 2.05) is 13.0 Å². The van der Waals surface area contributed by atoms with Crippen LogP contribution in [0.2, 0.25) is 0 Å². The first-order valence-corrected chi connectivity index (χ1v) is 9.77. The topological polar surface area (TPSA) is 52.7 Å². The van der Waals surface area contributed by atoms with Crippen LogP contribution in [-0.4, -0.2) is 64.0 Å². The number of sulfonamides is 1. The molecule has 0 saturated carbocycles. The van der Waals surface area contributed by atoms with Crippen LogP contribution in [0.4, 0.5) is 0 Å². The maximum Gasteiger partial charge on any atom is 0.240 e. The maximum absolute atomic E-state index is 12.5. The number of benzene rings is 1. The van der Waals surface area contributed by atoms with E-state index in [-0.39, 0.29) is 6.04 Å². The highest BCUT2D eigenvalue weighted by molar-refractivity contribution is 7.89. The molecule has 0 spiro atoms. The van der Waals surface area contributed by atoms with Crippen LogP contribution in [0.25, 0.3) is 0 Å². The van der Waals surface area contributed by atoms with E-state index < -0.39 is 10.0 Å². The molecule has 0 aromatic heterocycles. The molecule has 23 heavy (non-hydrogen) atoms. The van der Waals surface area contributed by atoms with Crippen LogP contribution in [0.15, 0.2) is 29.2 Å². The highest BCUT2D eigenvalue weighted by Crippen LogP contribution is 2.15. The smallest absolute Gasteiger partial charge is 0.240 e. The fraction of sp³-hybridized carbons (Fsp3) is 0.647. The molecular formula is C17H29N3O2S. The molecule has 1 heterocycles. The summed E-state index contributed by atoms with van der Waals surface area (Å²) in [5, 5.41) is 0. The maximum atomic E-state index is 12.5. The number of hydrogen-bond donors (Lipinski definition) is 1. The van der Waals surface area contributed by atoms with Crippen LogP contribution in [0.5, 0.6) is 0 Å². The Morgan fingerprint density at radius 1 is 1.17 bits per heavy atom. The molecule has 0 aliphatic carbocycles. The number of likely N-dealkylation sites (N-methyl/N-ethyl adjacent to an activating group) is 1. The van der Waals surface area contributed by atoms with Gasteiger partial charge in [-0.3, -0.25) is 4.90 Å². The largest absolute Gasteiger partial charge is 0.304 e. The summed E-state index contributed by atoms with van der Waals surface area (Å²) < 4.78 is 27.8. The molecule has 0 amide bonds. The van der Waals surface area contributed by atoms with Crippen molar-refractivity contribution in [3.8, 4) is 0 Å². The number of aryl methyl sites for hydroxylation is 1. The summed E-state index contributed by atoms with van der Waals surface area (Å²) in [5.74, 6) is 0.401. The zero-order valence-electron chi connectivity index (χ0n) is 14.6. The molecule has 1 aromatic rings. The lowest BCUT2D eigenvalue weighted by atomic mass is 10.0. The Kier molecular flexibility index (Phi) is 6.19. The van der Waals surface area contributed by atoms with Crippen molar-refractivity contribution in [2.24, 2.45) is 5.92 Å². The van der Waals surface area contributed by atoms with Gasteiger partial charge in [0.2, 0.25) is 10.0 Å². The van der Waals surface area contributed by atoms with Crippen LogP contribution in [0.1, 0.15) is 19.4 Å². The zero-order valence-corrected chi connectivity index (χ0v) is 15.4. The third-order valence-corrected chi connectivity index (χ3v) is 5.98.